The number of amidine groups is 1. The molecule has 0 saturated heterocycles. The van der Waals surface area contributed by atoms with Gasteiger partial charge in [0.05, 0.1) is 30.8 Å². The molecule has 144 valence electrons. The van der Waals surface area contributed by atoms with Gasteiger partial charge in [-0.15, -0.1) is 0 Å². The topological polar surface area (TPSA) is 136 Å². The van der Waals surface area contributed by atoms with Gasteiger partial charge in [0.2, 0.25) is 0 Å². The summed E-state index contributed by atoms with van der Waals surface area (Å²) in [5.41, 5.74) is 8.59. The van der Waals surface area contributed by atoms with Crippen LogP contribution in [0.3, 0.4) is 0 Å². The largest absolute Gasteiger partial charge is 0.469 e. The van der Waals surface area contributed by atoms with E-state index in [1.54, 1.807) is 24.4 Å². The van der Waals surface area contributed by atoms with Crippen molar-refractivity contribution in [3.63, 3.8) is 0 Å². The minimum Gasteiger partial charge on any atom is -0.469 e. The summed E-state index contributed by atoms with van der Waals surface area (Å²) in [5, 5.41) is 10.1. The van der Waals surface area contributed by atoms with Crippen LogP contribution >= 0.6 is 0 Å². The lowest BCUT2D eigenvalue weighted by Crippen LogP contribution is -2.27. The van der Waals surface area contributed by atoms with Crippen LogP contribution in [-0.2, 0) is 16.6 Å². The van der Waals surface area contributed by atoms with Crippen molar-refractivity contribution in [2.75, 3.05) is 13.7 Å². The SMILES string of the molecule is COC(=O)CCNC(=O)c1cc2nc(-c3ccc(C(=N)N)cc3)n(C)c2cn1. The molecule has 28 heavy (non-hydrogen) atoms. The van der Waals surface area contributed by atoms with E-state index in [4.69, 9.17) is 11.1 Å². The highest BCUT2D eigenvalue weighted by molar-refractivity contribution is 5.96. The summed E-state index contributed by atoms with van der Waals surface area (Å²) in [6.45, 7) is 0.168. The van der Waals surface area contributed by atoms with Crippen molar-refractivity contribution in [1.82, 2.24) is 19.9 Å². The minimum absolute atomic E-state index is 0.00334. The first-order valence-electron chi connectivity index (χ1n) is 8.53. The van der Waals surface area contributed by atoms with E-state index in [0.29, 0.717) is 16.9 Å². The molecule has 0 fully saturated rings. The van der Waals surface area contributed by atoms with Crippen LogP contribution in [0, 0.1) is 5.41 Å². The summed E-state index contributed by atoms with van der Waals surface area (Å²) in [5.74, 6) is -0.0727. The lowest BCUT2D eigenvalue weighted by atomic mass is 10.1. The summed E-state index contributed by atoms with van der Waals surface area (Å²) in [6.07, 6.45) is 1.68. The fourth-order valence-electron chi connectivity index (χ4n) is 2.74. The number of nitrogens with zero attached hydrogens (tertiary/aromatic N) is 3. The molecular weight excluding hydrogens is 360 g/mol. The maximum Gasteiger partial charge on any atom is 0.307 e. The second-order valence-electron chi connectivity index (χ2n) is 6.13. The predicted octanol–water partition coefficient (Wildman–Crippen LogP) is 1.21. The number of methoxy groups -OCH3 is 1. The third-order valence-electron chi connectivity index (χ3n) is 4.30. The van der Waals surface area contributed by atoms with Gasteiger partial charge in [-0.05, 0) is 6.07 Å². The Morgan fingerprint density at radius 2 is 2.00 bits per heavy atom. The van der Waals surface area contributed by atoms with E-state index in [0.717, 1.165) is 11.1 Å². The van der Waals surface area contributed by atoms with Crippen LogP contribution in [0.4, 0.5) is 0 Å². The highest BCUT2D eigenvalue weighted by atomic mass is 16.5. The number of carbonyl (C=O) groups is 2. The molecule has 0 aliphatic heterocycles. The van der Waals surface area contributed by atoms with E-state index in [9.17, 15) is 9.59 Å². The molecule has 9 heteroatoms. The third kappa shape index (κ3) is 3.83. The van der Waals surface area contributed by atoms with Gasteiger partial charge in [-0.1, -0.05) is 24.3 Å². The average Bonchev–Trinajstić information content (AvgIpc) is 3.03. The van der Waals surface area contributed by atoms with Crippen LogP contribution in [-0.4, -0.2) is 45.9 Å². The zero-order valence-corrected chi connectivity index (χ0v) is 15.5. The summed E-state index contributed by atoms with van der Waals surface area (Å²) in [7, 11) is 3.16. The van der Waals surface area contributed by atoms with Gasteiger partial charge in [-0.3, -0.25) is 15.0 Å². The highest BCUT2D eigenvalue weighted by Crippen LogP contribution is 2.24. The Balaban J connectivity index is 1.84. The van der Waals surface area contributed by atoms with Crippen molar-refractivity contribution in [3.05, 3.63) is 47.8 Å². The zero-order valence-electron chi connectivity index (χ0n) is 15.5. The average molecular weight is 380 g/mol. The number of benzene rings is 1. The van der Waals surface area contributed by atoms with Gasteiger partial charge < -0.3 is 20.4 Å². The number of nitrogens with one attached hydrogen (secondary N) is 2. The van der Waals surface area contributed by atoms with E-state index in [2.05, 4.69) is 20.0 Å². The van der Waals surface area contributed by atoms with Crippen molar-refractivity contribution in [2.24, 2.45) is 12.8 Å². The molecule has 1 amide bonds. The van der Waals surface area contributed by atoms with Crippen molar-refractivity contribution >= 4 is 28.7 Å². The van der Waals surface area contributed by atoms with Gasteiger partial charge in [0.25, 0.3) is 5.91 Å². The van der Waals surface area contributed by atoms with Gasteiger partial charge in [-0.25, -0.2) is 9.97 Å². The first-order chi connectivity index (χ1) is 13.4. The van der Waals surface area contributed by atoms with Crippen LogP contribution in [0.1, 0.15) is 22.5 Å². The number of ether oxygens (including phenoxy) is 1. The van der Waals surface area contributed by atoms with Gasteiger partial charge in [-0.2, -0.15) is 0 Å². The van der Waals surface area contributed by atoms with E-state index in [-0.39, 0.29) is 30.4 Å². The minimum atomic E-state index is -0.395. The molecule has 0 bridgehead atoms. The molecule has 0 aliphatic rings. The lowest BCUT2D eigenvalue weighted by molar-refractivity contribution is -0.140. The van der Waals surface area contributed by atoms with E-state index in [1.165, 1.54) is 7.11 Å². The summed E-state index contributed by atoms with van der Waals surface area (Å²) in [4.78, 5) is 32.1. The van der Waals surface area contributed by atoms with Crippen LogP contribution in [0.5, 0.6) is 0 Å². The Labute approximate surface area is 161 Å². The Morgan fingerprint density at radius 1 is 1.29 bits per heavy atom. The number of fused-ring (bicyclic) bond motifs is 1. The number of esters is 1. The lowest BCUT2D eigenvalue weighted by Gasteiger charge is -2.04. The smallest absolute Gasteiger partial charge is 0.307 e. The fraction of sp³-hybridized carbons (Fsp3) is 0.211. The molecule has 2 aromatic heterocycles. The third-order valence-corrected chi connectivity index (χ3v) is 4.30. The number of imidazole rings is 1. The van der Waals surface area contributed by atoms with Crippen molar-refractivity contribution in [2.45, 2.75) is 6.42 Å². The molecule has 2 heterocycles. The monoisotopic (exact) mass is 380 g/mol. The number of aromatic nitrogens is 3. The normalized spacial score (nSPS) is 10.6. The second-order valence-corrected chi connectivity index (χ2v) is 6.13. The van der Waals surface area contributed by atoms with Crippen LogP contribution in [0.2, 0.25) is 0 Å². The van der Waals surface area contributed by atoms with Gasteiger partial charge in [0, 0.05) is 24.7 Å². The standard InChI is InChI=1S/C19H20N6O3/c1-25-15-10-23-14(19(27)22-8-7-16(26)28-2)9-13(15)24-18(25)12-5-3-11(4-6-12)17(20)21/h3-6,9-10H,7-8H2,1-2H3,(H3,20,21)(H,22,27). The molecule has 3 rings (SSSR count). The van der Waals surface area contributed by atoms with E-state index < -0.39 is 5.97 Å². The van der Waals surface area contributed by atoms with Gasteiger partial charge >= 0.3 is 5.97 Å². The quantitative estimate of drug-likeness (QED) is 0.334. The fourth-order valence-corrected chi connectivity index (χ4v) is 2.74. The van der Waals surface area contributed by atoms with Crippen LogP contribution in [0.25, 0.3) is 22.4 Å². The number of hydrogen-bond acceptors (Lipinski definition) is 6. The van der Waals surface area contributed by atoms with Crippen molar-refractivity contribution < 1.29 is 14.3 Å². The van der Waals surface area contributed by atoms with Crippen LogP contribution < -0.4 is 11.1 Å². The first-order valence-corrected chi connectivity index (χ1v) is 8.53. The van der Waals surface area contributed by atoms with Crippen LogP contribution in [0.15, 0.2) is 36.5 Å². The Hall–Kier alpha value is -3.75. The number of pyridine rings is 1. The number of rotatable bonds is 6. The number of hydrogen-bond donors (Lipinski definition) is 3. The predicted molar refractivity (Wildman–Crippen MR) is 104 cm³/mol. The Bertz CT molecular complexity index is 1060. The number of carbonyl (C=O) groups excluding carboxylic acids is 2. The number of aryl methyl sites for hydroxylation is 1. The van der Waals surface area contributed by atoms with Gasteiger partial charge in [0.15, 0.2) is 0 Å². The molecule has 0 unspecified atom stereocenters. The van der Waals surface area contributed by atoms with Gasteiger partial charge in [0.1, 0.15) is 17.4 Å². The maximum atomic E-state index is 12.2. The molecule has 9 nitrogen and oxygen atoms in total. The first kappa shape index (κ1) is 19.0. The number of nitrogen functional groups attached to an aromatic ring is 1. The molecule has 0 saturated carbocycles. The van der Waals surface area contributed by atoms with E-state index in [1.807, 2.05) is 23.7 Å². The number of amides is 1. The molecular formula is C19H20N6O3. The molecule has 0 radical (unpaired) electrons. The second kappa shape index (κ2) is 7.87. The Kier molecular flexibility index (Phi) is 5.35. The highest BCUT2D eigenvalue weighted by Gasteiger charge is 2.14. The number of nitrogens with two attached hydrogens (primary N) is 1. The maximum absolute atomic E-state index is 12.2. The molecule has 0 spiro atoms. The van der Waals surface area contributed by atoms with Crippen molar-refractivity contribution in [1.29, 1.82) is 5.41 Å². The molecule has 0 aliphatic carbocycles. The zero-order chi connectivity index (χ0) is 20.3. The summed E-state index contributed by atoms with van der Waals surface area (Å²) < 4.78 is 6.42. The molecule has 3 aromatic rings. The summed E-state index contributed by atoms with van der Waals surface area (Å²) in [6, 6.07) is 8.80. The van der Waals surface area contributed by atoms with E-state index >= 15 is 0 Å². The molecule has 1 aromatic carbocycles. The molecule has 4 N–H and O–H groups in total. The molecule has 0 atom stereocenters. The summed E-state index contributed by atoms with van der Waals surface area (Å²) >= 11 is 0. The Morgan fingerprint density at radius 3 is 2.64 bits per heavy atom. The van der Waals surface area contributed by atoms with Crippen molar-refractivity contribution in [3.8, 4) is 11.4 Å².